The summed E-state index contributed by atoms with van der Waals surface area (Å²) in [7, 11) is 0. The van der Waals surface area contributed by atoms with E-state index >= 15 is 0 Å². The zero-order chi connectivity index (χ0) is 27.0. The quantitative estimate of drug-likeness (QED) is 0.442. The molecule has 0 bridgehead atoms. The first-order valence-corrected chi connectivity index (χ1v) is 11.9. The minimum atomic E-state index is -1.19. The Morgan fingerprint density at radius 1 is 0.974 bits per heavy atom. The first-order valence-electron chi connectivity index (χ1n) is 11.9. The number of nitriles is 1. The van der Waals surface area contributed by atoms with Gasteiger partial charge >= 0.3 is 5.69 Å². The zero-order valence-corrected chi connectivity index (χ0v) is 19.8. The van der Waals surface area contributed by atoms with Crippen LogP contribution in [0.1, 0.15) is 47.6 Å². The molecular weight excluding hydrogens is 499 g/mol. The second-order valence-corrected chi connectivity index (χ2v) is 9.08. The molecule has 8 nitrogen and oxygen atoms in total. The molecule has 0 saturated heterocycles. The molecule has 0 unspecified atom stereocenters. The molecule has 0 radical (unpaired) electrons. The first kappa shape index (κ1) is 25.0. The molecule has 0 aliphatic heterocycles. The number of fused-ring (bicyclic) bond motifs is 1. The lowest BCUT2D eigenvalue weighted by Gasteiger charge is -2.30. The highest BCUT2D eigenvalue weighted by Crippen LogP contribution is 2.28. The molecule has 0 atom stereocenters. The average Bonchev–Trinajstić information content (AvgIpc) is 2.92. The molecule has 1 fully saturated rings. The van der Waals surface area contributed by atoms with Gasteiger partial charge in [0.2, 0.25) is 0 Å². The van der Waals surface area contributed by atoms with Crippen LogP contribution in [0.25, 0.3) is 16.7 Å². The number of carbonyl (C=O) groups is 1. The van der Waals surface area contributed by atoms with Crippen molar-refractivity contribution in [2.75, 3.05) is 0 Å². The molecule has 1 aliphatic carbocycles. The van der Waals surface area contributed by atoms with Crippen molar-refractivity contribution < 1.29 is 18.0 Å². The summed E-state index contributed by atoms with van der Waals surface area (Å²) in [6.45, 7) is 0. The molecule has 11 heteroatoms. The maximum atomic E-state index is 14.0. The number of halogens is 3. The molecule has 1 amide bonds. The third-order valence-electron chi connectivity index (χ3n) is 6.73. The molecule has 38 heavy (non-hydrogen) atoms. The Kier molecular flexibility index (Phi) is 6.55. The predicted molar refractivity (Wildman–Crippen MR) is 131 cm³/mol. The van der Waals surface area contributed by atoms with Gasteiger partial charge in [-0.3, -0.25) is 14.2 Å². The number of carbonyl (C=O) groups excluding carboxylic acids is 1. The van der Waals surface area contributed by atoms with Gasteiger partial charge in [-0.2, -0.15) is 5.26 Å². The van der Waals surface area contributed by atoms with E-state index in [4.69, 9.17) is 5.26 Å². The molecule has 1 N–H and O–H groups in total. The van der Waals surface area contributed by atoms with E-state index in [1.807, 2.05) is 6.07 Å². The number of aromatic nitrogens is 3. The Morgan fingerprint density at radius 3 is 2.34 bits per heavy atom. The molecular formula is C27H20F3N5O3. The molecule has 0 spiro atoms. The number of amides is 1. The smallest absolute Gasteiger partial charge is 0.337 e. The highest BCUT2D eigenvalue weighted by molar-refractivity contribution is 5.94. The van der Waals surface area contributed by atoms with Gasteiger partial charge in [0.1, 0.15) is 5.82 Å². The Hall–Kier alpha value is -4.72. The van der Waals surface area contributed by atoms with Gasteiger partial charge < -0.3 is 5.32 Å². The van der Waals surface area contributed by atoms with E-state index in [2.05, 4.69) is 10.3 Å². The SMILES string of the molecule is N#Cc1ccc(C(=O)NC2CCC(n3c(=O)c4cc(F)cnc4n(-c4ccc(F)c(F)c4)c3=O)CC2)cc1. The van der Waals surface area contributed by atoms with Gasteiger partial charge in [0.25, 0.3) is 11.5 Å². The van der Waals surface area contributed by atoms with Gasteiger partial charge in [-0.15, -0.1) is 0 Å². The minimum absolute atomic E-state index is 0.0601. The molecule has 1 aliphatic rings. The zero-order valence-electron chi connectivity index (χ0n) is 19.8. The van der Waals surface area contributed by atoms with Crippen molar-refractivity contribution in [3.05, 3.63) is 104 Å². The summed E-state index contributed by atoms with van der Waals surface area (Å²) in [4.78, 5) is 43.4. The lowest BCUT2D eigenvalue weighted by Crippen LogP contribution is -2.45. The van der Waals surface area contributed by atoms with Crippen molar-refractivity contribution in [3.63, 3.8) is 0 Å². The normalized spacial score (nSPS) is 17.2. The van der Waals surface area contributed by atoms with Gasteiger partial charge in [-0.1, -0.05) is 0 Å². The van der Waals surface area contributed by atoms with E-state index in [0.717, 1.165) is 33.5 Å². The Labute approximate surface area is 213 Å². The van der Waals surface area contributed by atoms with Crippen molar-refractivity contribution >= 4 is 16.9 Å². The fourth-order valence-electron chi connectivity index (χ4n) is 4.80. The fraction of sp³-hybridized carbons (Fsp3) is 0.222. The maximum absolute atomic E-state index is 14.0. The number of nitrogens with zero attached hydrogens (tertiary/aromatic N) is 4. The minimum Gasteiger partial charge on any atom is -0.349 e. The maximum Gasteiger partial charge on any atom is 0.337 e. The number of hydrogen-bond acceptors (Lipinski definition) is 5. The van der Waals surface area contributed by atoms with E-state index in [1.165, 1.54) is 6.07 Å². The summed E-state index contributed by atoms with van der Waals surface area (Å²) in [5.74, 6) is -3.39. The fourth-order valence-corrected chi connectivity index (χ4v) is 4.80. The molecule has 192 valence electrons. The van der Waals surface area contributed by atoms with Crippen LogP contribution in [0.2, 0.25) is 0 Å². The lowest BCUT2D eigenvalue weighted by molar-refractivity contribution is 0.0922. The van der Waals surface area contributed by atoms with Crippen LogP contribution in [0, 0.1) is 28.8 Å². The van der Waals surface area contributed by atoms with E-state index < -0.39 is 34.7 Å². The van der Waals surface area contributed by atoms with Gasteiger partial charge in [0, 0.05) is 23.7 Å². The average molecular weight is 519 g/mol. The Balaban J connectivity index is 1.45. The van der Waals surface area contributed by atoms with Crippen molar-refractivity contribution in [1.82, 2.24) is 19.4 Å². The molecule has 4 aromatic rings. The van der Waals surface area contributed by atoms with E-state index in [1.54, 1.807) is 24.3 Å². The van der Waals surface area contributed by atoms with Crippen LogP contribution in [0.5, 0.6) is 0 Å². The van der Waals surface area contributed by atoms with Crippen molar-refractivity contribution in [1.29, 1.82) is 5.26 Å². The van der Waals surface area contributed by atoms with Crippen LogP contribution in [0.4, 0.5) is 13.2 Å². The second-order valence-electron chi connectivity index (χ2n) is 9.08. The second kappa shape index (κ2) is 9.97. The van der Waals surface area contributed by atoms with Gasteiger partial charge in [0.05, 0.1) is 28.9 Å². The number of pyridine rings is 1. The molecule has 2 aromatic carbocycles. The van der Waals surface area contributed by atoms with Crippen molar-refractivity contribution in [2.24, 2.45) is 0 Å². The predicted octanol–water partition coefficient (Wildman–Crippen LogP) is 3.75. The van der Waals surface area contributed by atoms with Crippen LogP contribution in [0.3, 0.4) is 0 Å². The van der Waals surface area contributed by atoms with Crippen LogP contribution in [-0.4, -0.2) is 26.1 Å². The topological polar surface area (TPSA) is 110 Å². The third kappa shape index (κ3) is 4.56. The monoisotopic (exact) mass is 519 g/mol. The number of rotatable bonds is 4. The molecule has 2 aromatic heterocycles. The lowest BCUT2D eigenvalue weighted by atomic mass is 9.90. The van der Waals surface area contributed by atoms with Crippen molar-refractivity contribution in [2.45, 2.75) is 37.8 Å². The van der Waals surface area contributed by atoms with Crippen LogP contribution in [0.15, 0.2) is 64.3 Å². The van der Waals surface area contributed by atoms with Crippen LogP contribution >= 0.6 is 0 Å². The van der Waals surface area contributed by atoms with Gasteiger partial charge in [-0.25, -0.2) is 27.5 Å². The summed E-state index contributed by atoms with van der Waals surface area (Å²) >= 11 is 0. The highest BCUT2D eigenvalue weighted by atomic mass is 19.2. The van der Waals surface area contributed by atoms with E-state index in [9.17, 15) is 27.6 Å². The molecule has 5 rings (SSSR count). The summed E-state index contributed by atoms with van der Waals surface area (Å²) in [6, 6.07) is 11.2. The summed E-state index contributed by atoms with van der Waals surface area (Å²) in [5.41, 5.74) is -0.937. The standard InChI is InChI=1S/C27H20F3N5O3/c28-17-11-21-24(32-14-17)34(20-9-10-22(29)23(30)12-20)27(38)35(26(21)37)19-7-5-18(6-8-19)33-25(36)16-3-1-15(13-31)2-4-16/h1-4,9-12,14,18-19H,5-8H2,(H,33,36). The van der Waals surface area contributed by atoms with Crippen LogP contribution < -0.4 is 16.6 Å². The summed E-state index contributed by atoms with van der Waals surface area (Å²) in [5, 5.41) is 11.7. The van der Waals surface area contributed by atoms with Crippen molar-refractivity contribution in [3.8, 4) is 11.8 Å². The third-order valence-corrected chi connectivity index (χ3v) is 6.73. The number of benzene rings is 2. The molecule has 1 saturated carbocycles. The Bertz CT molecular complexity index is 1720. The van der Waals surface area contributed by atoms with Crippen LogP contribution in [-0.2, 0) is 0 Å². The van der Waals surface area contributed by atoms with E-state index in [-0.39, 0.29) is 28.7 Å². The largest absolute Gasteiger partial charge is 0.349 e. The summed E-state index contributed by atoms with van der Waals surface area (Å²) in [6.07, 6.45) is 2.48. The Morgan fingerprint density at radius 2 is 1.68 bits per heavy atom. The van der Waals surface area contributed by atoms with Gasteiger partial charge in [-0.05, 0) is 68.1 Å². The van der Waals surface area contributed by atoms with E-state index in [0.29, 0.717) is 36.8 Å². The number of hydrogen-bond donors (Lipinski definition) is 1. The molecule has 2 heterocycles. The summed E-state index contributed by atoms with van der Waals surface area (Å²) < 4.78 is 43.6. The highest BCUT2D eigenvalue weighted by Gasteiger charge is 2.28. The first-order chi connectivity index (χ1) is 18.3. The van der Waals surface area contributed by atoms with Gasteiger partial charge in [0.15, 0.2) is 17.3 Å². The number of nitrogens with one attached hydrogen (secondary N) is 1.